The van der Waals surface area contributed by atoms with Gasteiger partial charge in [-0.3, -0.25) is 0 Å². The van der Waals surface area contributed by atoms with Crippen molar-refractivity contribution in [1.29, 1.82) is 0 Å². The van der Waals surface area contributed by atoms with Gasteiger partial charge in [-0.15, -0.1) is 11.3 Å². The fourth-order valence-corrected chi connectivity index (χ4v) is 2.71. The third-order valence-electron chi connectivity index (χ3n) is 2.97. The van der Waals surface area contributed by atoms with Crippen LogP contribution in [-0.2, 0) is 0 Å². The molecule has 3 rings (SSSR count). The number of thiazole rings is 1. The van der Waals surface area contributed by atoms with Gasteiger partial charge in [0.15, 0.2) is 5.11 Å². The zero-order valence-electron chi connectivity index (χ0n) is 10.6. The second-order valence-corrected chi connectivity index (χ2v) is 6.17. The molecule has 1 aromatic heterocycles. The molecule has 1 aliphatic carbocycles. The molecule has 5 heteroatoms. The smallest absolute Gasteiger partial charge is 0.170 e. The number of aryl methyl sites for hydroxylation is 1. The van der Waals surface area contributed by atoms with Crippen LogP contribution in [0.4, 0.5) is 5.69 Å². The maximum atomic E-state index is 5.25. The minimum absolute atomic E-state index is 0.581. The quantitative estimate of drug-likeness (QED) is 0.847. The van der Waals surface area contributed by atoms with Crippen LogP contribution >= 0.6 is 23.6 Å². The van der Waals surface area contributed by atoms with E-state index in [0.717, 1.165) is 22.0 Å². The minimum atomic E-state index is 0.581. The van der Waals surface area contributed by atoms with Crippen molar-refractivity contribution >= 4 is 34.4 Å². The Hall–Kier alpha value is -1.46. The van der Waals surface area contributed by atoms with Gasteiger partial charge in [0.2, 0.25) is 0 Å². The summed E-state index contributed by atoms with van der Waals surface area (Å²) in [5.74, 6) is 0. The summed E-state index contributed by atoms with van der Waals surface area (Å²) in [5.41, 5.74) is 3.18. The Kier molecular flexibility index (Phi) is 3.48. The molecule has 0 aliphatic heterocycles. The van der Waals surface area contributed by atoms with Gasteiger partial charge in [-0.2, -0.15) is 0 Å². The second kappa shape index (κ2) is 5.27. The van der Waals surface area contributed by atoms with Crippen LogP contribution in [0.5, 0.6) is 0 Å². The molecule has 1 aromatic carbocycles. The van der Waals surface area contributed by atoms with Gasteiger partial charge >= 0.3 is 0 Å². The normalized spacial score (nSPS) is 14.2. The lowest BCUT2D eigenvalue weighted by Gasteiger charge is -2.09. The van der Waals surface area contributed by atoms with Crippen LogP contribution in [0.1, 0.15) is 17.8 Å². The number of nitrogens with one attached hydrogen (secondary N) is 2. The third-order valence-corrected chi connectivity index (χ3v) is 3.96. The lowest BCUT2D eigenvalue weighted by Crippen LogP contribution is -2.30. The van der Waals surface area contributed by atoms with E-state index in [9.17, 15) is 0 Å². The van der Waals surface area contributed by atoms with E-state index < -0.39 is 0 Å². The van der Waals surface area contributed by atoms with Crippen molar-refractivity contribution in [3.63, 3.8) is 0 Å². The summed E-state index contributed by atoms with van der Waals surface area (Å²) < 4.78 is 0. The molecule has 1 fully saturated rings. The van der Waals surface area contributed by atoms with Gasteiger partial charge in [0.05, 0.1) is 10.7 Å². The van der Waals surface area contributed by atoms with Crippen molar-refractivity contribution in [2.24, 2.45) is 0 Å². The largest absolute Gasteiger partial charge is 0.360 e. The van der Waals surface area contributed by atoms with Crippen molar-refractivity contribution in [2.75, 3.05) is 5.32 Å². The number of aromatic nitrogens is 1. The highest BCUT2D eigenvalue weighted by Crippen LogP contribution is 2.23. The summed E-state index contributed by atoms with van der Waals surface area (Å²) in [5, 5.41) is 10.3. The summed E-state index contributed by atoms with van der Waals surface area (Å²) in [4.78, 5) is 4.48. The minimum Gasteiger partial charge on any atom is -0.360 e. The second-order valence-electron chi connectivity index (χ2n) is 4.70. The van der Waals surface area contributed by atoms with Crippen molar-refractivity contribution in [3.05, 3.63) is 34.7 Å². The molecule has 19 heavy (non-hydrogen) atoms. The van der Waals surface area contributed by atoms with Gasteiger partial charge < -0.3 is 10.6 Å². The molecule has 0 bridgehead atoms. The predicted octanol–water partition coefficient (Wildman–Crippen LogP) is 3.57. The summed E-state index contributed by atoms with van der Waals surface area (Å²) in [6, 6.07) is 8.78. The Morgan fingerprint density at radius 1 is 1.32 bits per heavy atom. The molecule has 0 radical (unpaired) electrons. The van der Waals surface area contributed by atoms with E-state index in [1.54, 1.807) is 11.3 Å². The molecule has 1 heterocycles. The molecular formula is C14H15N3S2. The van der Waals surface area contributed by atoms with E-state index in [1.807, 2.05) is 19.1 Å². The molecule has 3 nitrogen and oxygen atoms in total. The van der Waals surface area contributed by atoms with Crippen molar-refractivity contribution in [3.8, 4) is 11.3 Å². The van der Waals surface area contributed by atoms with Gasteiger partial charge in [-0.1, -0.05) is 12.1 Å². The van der Waals surface area contributed by atoms with E-state index in [0.29, 0.717) is 11.2 Å². The number of nitrogens with zero attached hydrogens (tertiary/aromatic N) is 1. The highest BCUT2D eigenvalue weighted by atomic mass is 32.1. The first-order valence-corrected chi connectivity index (χ1v) is 7.59. The Bertz CT molecular complexity index is 585. The van der Waals surface area contributed by atoms with Crippen LogP contribution in [0.25, 0.3) is 11.3 Å². The molecule has 0 amide bonds. The SMILES string of the molecule is Cc1nc(-c2ccc(NC(=S)NC3CC3)cc2)cs1. The lowest BCUT2D eigenvalue weighted by atomic mass is 10.1. The van der Waals surface area contributed by atoms with E-state index >= 15 is 0 Å². The Labute approximate surface area is 122 Å². The van der Waals surface area contributed by atoms with Crippen molar-refractivity contribution in [1.82, 2.24) is 10.3 Å². The molecule has 0 saturated heterocycles. The van der Waals surface area contributed by atoms with Crippen molar-refractivity contribution < 1.29 is 0 Å². The first-order chi connectivity index (χ1) is 9.20. The molecule has 2 aromatic rings. The standard InChI is InChI=1S/C14H15N3S2/c1-9-15-13(8-19-9)10-2-4-11(5-3-10)16-14(18)17-12-6-7-12/h2-5,8,12H,6-7H2,1H3,(H2,16,17,18). The van der Waals surface area contributed by atoms with Crippen LogP contribution in [0.15, 0.2) is 29.6 Å². The van der Waals surface area contributed by atoms with Crippen LogP contribution in [-0.4, -0.2) is 16.1 Å². The summed E-state index contributed by atoms with van der Waals surface area (Å²) in [7, 11) is 0. The Morgan fingerprint density at radius 2 is 2.05 bits per heavy atom. The molecule has 0 unspecified atom stereocenters. The van der Waals surface area contributed by atoms with Gasteiger partial charge in [-0.05, 0) is 44.1 Å². The molecular weight excluding hydrogens is 274 g/mol. The molecule has 1 saturated carbocycles. The van der Waals surface area contributed by atoms with Gasteiger partial charge in [0.25, 0.3) is 0 Å². The zero-order valence-corrected chi connectivity index (χ0v) is 12.3. The fraction of sp³-hybridized carbons (Fsp3) is 0.286. The number of hydrogen-bond acceptors (Lipinski definition) is 3. The number of rotatable bonds is 3. The summed E-state index contributed by atoms with van der Waals surface area (Å²) in [6.45, 7) is 2.02. The first-order valence-electron chi connectivity index (χ1n) is 6.31. The number of anilines is 1. The Morgan fingerprint density at radius 3 is 2.63 bits per heavy atom. The third kappa shape index (κ3) is 3.30. The predicted molar refractivity (Wildman–Crippen MR) is 84.7 cm³/mol. The monoisotopic (exact) mass is 289 g/mol. The number of thiocarbonyl (C=S) groups is 1. The van der Waals surface area contributed by atoms with Crippen LogP contribution in [0, 0.1) is 6.92 Å². The number of benzene rings is 1. The Balaban J connectivity index is 1.66. The zero-order chi connectivity index (χ0) is 13.2. The molecule has 0 atom stereocenters. The molecule has 0 spiro atoms. The molecule has 98 valence electrons. The highest BCUT2D eigenvalue weighted by Gasteiger charge is 2.21. The average Bonchev–Trinajstić information content (AvgIpc) is 3.09. The van der Waals surface area contributed by atoms with E-state index in [4.69, 9.17) is 12.2 Å². The highest BCUT2D eigenvalue weighted by molar-refractivity contribution is 7.80. The van der Waals surface area contributed by atoms with Crippen LogP contribution in [0.2, 0.25) is 0 Å². The van der Waals surface area contributed by atoms with Crippen LogP contribution in [0.3, 0.4) is 0 Å². The fourth-order valence-electron chi connectivity index (χ4n) is 1.80. The summed E-state index contributed by atoms with van der Waals surface area (Å²) in [6.07, 6.45) is 2.45. The lowest BCUT2D eigenvalue weighted by molar-refractivity contribution is 0.919. The summed E-state index contributed by atoms with van der Waals surface area (Å²) >= 11 is 6.92. The maximum absolute atomic E-state index is 5.25. The molecule has 1 aliphatic rings. The number of hydrogen-bond donors (Lipinski definition) is 2. The van der Waals surface area contributed by atoms with Crippen LogP contribution < -0.4 is 10.6 Å². The van der Waals surface area contributed by atoms with E-state index in [2.05, 4.69) is 33.1 Å². The topological polar surface area (TPSA) is 37.0 Å². The van der Waals surface area contributed by atoms with E-state index in [-0.39, 0.29) is 0 Å². The van der Waals surface area contributed by atoms with Crippen molar-refractivity contribution in [2.45, 2.75) is 25.8 Å². The van der Waals surface area contributed by atoms with E-state index in [1.165, 1.54) is 12.8 Å². The van der Waals surface area contributed by atoms with Gasteiger partial charge in [0, 0.05) is 22.7 Å². The maximum Gasteiger partial charge on any atom is 0.170 e. The van der Waals surface area contributed by atoms with Gasteiger partial charge in [-0.25, -0.2) is 4.98 Å². The first kappa shape index (κ1) is 12.6. The molecule has 2 N–H and O–H groups in total. The van der Waals surface area contributed by atoms with Gasteiger partial charge in [0.1, 0.15) is 0 Å². The average molecular weight is 289 g/mol.